The van der Waals surface area contributed by atoms with Gasteiger partial charge in [-0.15, -0.1) is 0 Å². The van der Waals surface area contributed by atoms with Gasteiger partial charge in [0.25, 0.3) is 0 Å². The molecule has 0 saturated heterocycles. The number of thiazole rings is 1. The van der Waals surface area contributed by atoms with Crippen molar-refractivity contribution in [3.63, 3.8) is 0 Å². The highest BCUT2D eigenvalue weighted by Crippen LogP contribution is 2.15. The first-order valence-electron chi connectivity index (χ1n) is 5.33. The number of hydrogen-bond donors (Lipinski definition) is 0. The van der Waals surface area contributed by atoms with E-state index < -0.39 is 0 Å². The predicted molar refractivity (Wildman–Crippen MR) is 74.4 cm³/mol. The number of benzene rings is 1. The Bertz CT molecular complexity index is 598. The van der Waals surface area contributed by atoms with E-state index in [1.165, 1.54) is 0 Å². The Kier molecular flexibility index (Phi) is 4.02. The number of aryl methyl sites for hydroxylation is 1. The van der Waals surface area contributed by atoms with Crippen LogP contribution in [0.5, 0.6) is 0 Å². The minimum atomic E-state index is -0.0403. The van der Waals surface area contributed by atoms with Gasteiger partial charge in [0.05, 0.1) is 10.2 Å². The van der Waals surface area contributed by atoms with Crippen molar-refractivity contribution in [2.75, 3.05) is 12.0 Å². The number of carbonyl (C=O) groups is 1. The summed E-state index contributed by atoms with van der Waals surface area (Å²) in [5.41, 5.74) is 1.12. The molecule has 0 aliphatic carbocycles. The standard InChI is InChI=1S/C12H14N2OS2/c1-14-9-5-3-4-6-10(9)17-12(14)13-11(15)7-8-16-2/h3-6H,7-8H2,1-2H3. The molecule has 0 atom stereocenters. The second kappa shape index (κ2) is 5.51. The largest absolute Gasteiger partial charge is 0.319 e. The van der Waals surface area contributed by atoms with Crippen molar-refractivity contribution in [1.29, 1.82) is 0 Å². The van der Waals surface area contributed by atoms with E-state index in [1.54, 1.807) is 23.1 Å². The van der Waals surface area contributed by atoms with Gasteiger partial charge in [0.2, 0.25) is 5.91 Å². The van der Waals surface area contributed by atoms with Gasteiger partial charge in [-0.05, 0) is 18.4 Å². The molecule has 1 amide bonds. The van der Waals surface area contributed by atoms with E-state index in [0.29, 0.717) is 6.42 Å². The number of hydrogen-bond acceptors (Lipinski definition) is 3. The van der Waals surface area contributed by atoms with Crippen molar-refractivity contribution in [3.05, 3.63) is 29.1 Å². The van der Waals surface area contributed by atoms with Crippen LogP contribution in [0, 0.1) is 0 Å². The van der Waals surface area contributed by atoms with E-state index in [9.17, 15) is 4.79 Å². The fourth-order valence-corrected chi connectivity index (χ4v) is 2.95. The summed E-state index contributed by atoms with van der Waals surface area (Å²) in [5.74, 6) is 0.790. The number of rotatable bonds is 3. The number of thioether (sulfide) groups is 1. The summed E-state index contributed by atoms with van der Waals surface area (Å²) in [6, 6.07) is 8.08. The number of fused-ring (bicyclic) bond motifs is 1. The van der Waals surface area contributed by atoms with Gasteiger partial charge in [0.1, 0.15) is 0 Å². The molecule has 0 saturated carbocycles. The SMILES string of the molecule is CSCCC(=O)N=c1sc2ccccc2n1C. The van der Waals surface area contributed by atoms with E-state index in [1.807, 2.05) is 42.1 Å². The molecule has 3 nitrogen and oxygen atoms in total. The van der Waals surface area contributed by atoms with Crippen LogP contribution in [-0.4, -0.2) is 22.5 Å². The normalized spacial score (nSPS) is 12.2. The number of amides is 1. The van der Waals surface area contributed by atoms with Crippen LogP contribution in [0.1, 0.15) is 6.42 Å². The van der Waals surface area contributed by atoms with Crippen molar-refractivity contribution in [2.45, 2.75) is 6.42 Å². The van der Waals surface area contributed by atoms with Gasteiger partial charge in [-0.2, -0.15) is 16.8 Å². The highest BCUT2D eigenvalue weighted by Gasteiger charge is 2.03. The lowest BCUT2D eigenvalue weighted by atomic mass is 10.3. The van der Waals surface area contributed by atoms with Gasteiger partial charge in [-0.25, -0.2) is 0 Å². The molecule has 1 heterocycles. The van der Waals surface area contributed by atoms with Crippen LogP contribution in [0.2, 0.25) is 0 Å². The van der Waals surface area contributed by atoms with Crippen LogP contribution in [0.4, 0.5) is 0 Å². The maximum absolute atomic E-state index is 11.6. The number of aromatic nitrogens is 1. The van der Waals surface area contributed by atoms with Crippen LogP contribution in [0.15, 0.2) is 29.3 Å². The second-order valence-electron chi connectivity index (χ2n) is 3.66. The number of carbonyl (C=O) groups excluding carboxylic acids is 1. The van der Waals surface area contributed by atoms with Gasteiger partial charge in [-0.3, -0.25) is 4.79 Å². The molecule has 1 aromatic carbocycles. The molecule has 1 aromatic heterocycles. The Labute approximate surface area is 108 Å². The number of para-hydroxylation sites is 1. The maximum Gasteiger partial charge on any atom is 0.249 e. The zero-order chi connectivity index (χ0) is 12.3. The monoisotopic (exact) mass is 266 g/mol. The van der Waals surface area contributed by atoms with E-state index in [4.69, 9.17) is 0 Å². The van der Waals surface area contributed by atoms with Crippen molar-refractivity contribution in [3.8, 4) is 0 Å². The van der Waals surface area contributed by atoms with Gasteiger partial charge in [0, 0.05) is 19.2 Å². The average Bonchev–Trinajstić information content (AvgIpc) is 2.64. The highest BCUT2D eigenvalue weighted by atomic mass is 32.2. The first-order chi connectivity index (χ1) is 8.22. The van der Waals surface area contributed by atoms with Crippen molar-refractivity contribution >= 4 is 39.2 Å². The van der Waals surface area contributed by atoms with Crippen LogP contribution in [-0.2, 0) is 11.8 Å². The third-order valence-corrected chi connectivity index (χ3v) is 4.18. The van der Waals surface area contributed by atoms with Gasteiger partial charge in [0.15, 0.2) is 4.80 Å². The molecule has 90 valence electrons. The zero-order valence-electron chi connectivity index (χ0n) is 9.84. The Morgan fingerprint density at radius 2 is 2.24 bits per heavy atom. The maximum atomic E-state index is 11.6. The summed E-state index contributed by atoms with van der Waals surface area (Å²) in [6.07, 6.45) is 2.50. The summed E-state index contributed by atoms with van der Waals surface area (Å²) in [5, 5.41) is 0. The average molecular weight is 266 g/mol. The van der Waals surface area contributed by atoms with Crippen molar-refractivity contribution in [1.82, 2.24) is 4.57 Å². The molecule has 0 spiro atoms. The lowest BCUT2D eigenvalue weighted by molar-refractivity contribution is -0.117. The summed E-state index contributed by atoms with van der Waals surface area (Å²) < 4.78 is 3.13. The molecule has 2 aromatic rings. The lowest BCUT2D eigenvalue weighted by Crippen LogP contribution is -2.13. The quantitative estimate of drug-likeness (QED) is 0.855. The zero-order valence-corrected chi connectivity index (χ0v) is 11.5. The third-order valence-electron chi connectivity index (χ3n) is 2.46. The summed E-state index contributed by atoms with van der Waals surface area (Å²) in [7, 11) is 1.94. The lowest BCUT2D eigenvalue weighted by Gasteiger charge is -1.94. The smallest absolute Gasteiger partial charge is 0.249 e. The Morgan fingerprint density at radius 1 is 1.47 bits per heavy atom. The highest BCUT2D eigenvalue weighted by molar-refractivity contribution is 7.98. The molecule has 0 fully saturated rings. The first kappa shape index (κ1) is 12.4. The minimum absolute atomic E-state index is 0.0403. The fraction of sp³-hybridized carbons (Fsp3) is 0.333. The molecule has 0 unspecified atom stereocenters. The first-order valence-corrected chi connectivity index (χ1v) is 7.54. The number of nitrogens with zero attached hydrogens (tertiary/aromatic N) is 2. The Balaban J connectivity index is 2.38. The molecule has 0 aliphatic heterocycles. The summed E-state index contributed by atoms with van der Waals surface area (Å²) in [4.78, 5) is 16.6. The van der Waals surface area contributed by atoms with E-state index in [0.717, 1.165) is 20.8 Å². The van der Waals surface area contributed by atoms with E-state index >= 15 is 0 Å². The fourth-order valence-electron chi connectivity index (χ4n) is 1.54. The van der Waals surface area contributed by atoms with Gasteiger partial charge < -0.3 is 4.57 Å². The molecule has 0 bridgehead atoms. The second-order valence-corrected chi connectivity index (χ2v) is 5.65. The molecule has 2 rings (SSSR count). The molecule has 0 N–H and O–H groups in total. The molecular formula is C12H14N2OS2. The molecule has 0 aliphatic rings. The van der Waals surface area contributed by atoms with Crippen LogP contribution in [0.25, 0.3) is 10.2 Å². The van der Waals surface area contributed by atoms with Crippen LogP contribution < -0.4 is 4.80 Å². The minimum Gasteiger partial charge on any atom is -0.319 e. The van der Waals surface area contributed by atoms with E-state index in [2.05, 4.69) is 4.99 Å². The van der Waals surface area contributed by atoms with Gasteiger partial charge in [-0.1, -0.05) is 23.5 Å². The summed E-state index contributed by atoms with van der Waals surface area (Å²) in [6.45, 7) is 0. The molecule has 0 radical (unpaired) electrons. The topological polar surface area (TPSA) is 34.4 Å². The van der Waals surface area contributed by atoms with E-state index in [-0.39, 0.29) is 5.91 Å². The molecule has 17 heavy (non-hydrogen) atoms. The predicted octanol–water partition coefficient (Wildman–Crippen LogP) is 2.42. The van der Waals surface area contributed by atoms with Gasteiger partial charge >= 0.3 is 0 Å². The van der Waals surface area contributed by atoms with Crippen molar-refractivity contribution in [2.24, 2.45) is 12.0 Å². The summed E-state index contributed by atoms with van der Waals surface area (Å²) >= 11 is 3.22. The third kappa shape index (κ3) is 2.79. The molecular weight excluding hydrogens is 252 g/mol. The van der Waals surface area contributed by atoms with Crippen LogP contribution in [0.3, 0.4) is 0 Å². The molecule has 5 heteroatoms. The van der Waals surface area contributed by atoms with Crippen LogP contribution >= 0.6 is 23.1 Å². The Morgan fingerprint density at radius 3 is 2.94 bits per heavy atom. The van der Waals surface area contributed by atoms with Crippen molar-refractivity contribution < 1.29 is 4.79 Å². The Hall–Kier alpha value is -1.07.